The van der Waals surface area contributed by atoms with E-state index < -0.39 is 0 Å². The van der Waals surface area contributed by atoms with Crippen LogP contribution >= 0.6 is 11.8 Å². The minimum atomic E-state index is 0.296. The van der Waals surface area contributed by atoms with Crippen LogP contribution in [0.2, 0.25) is 0 Å². The lowest BCUT2D eigenvalue weighted by atomic mass is 9.85. The van der Waals surface area contributed by atoms with Gasteiger partial charge in [-0.1, -0.05) is 40.5 Å². The number of nitrogens with two attached hydrogens (primary N) is 1. The summed E-state index contributed by atoms with van der Waals surface area (Å²) in [7, 11) is 0. The fraction of sp³-hybridized carbons (Fsp3) is 1.00. The summed E-state index contributed by atoms with van der Waals surface area (Å²) in [5.74, 6) is 3.01. The maximum atomic E-state index is 6.33. The Hall–Kier alpha value is 0.270. The molecule has 0 aromatic heterocycles. The van der Waals surface area contributed by atoms with Crippen molar-refractivity contribution in [1.82, 2.24) is 4.90 Å². The Labute approximate surface area is 136 Å². The largest absolute Gasteiger partial charge is 0.329 e. The zero-order chi connectivity index (χ0) is 15.5. The van der Waals surface area contributed by atoms with E-state index in [0.717, 1.165) is 18.4 Å². The highest BCUT2D eigenvalue weighted by molar-refractivity contribution is 8.00. The molecule has 2 rings (SSSR count). The normalized spacial score (nSPS) is 35.4. The molecule has 2 nitrogen and oxygen atoms in total. The van der Waals surface area contributed by atoms with Crippen LogP contribution in [0.3, 0.4) is 0 Å². The first-order valence-electron chi connectivity index (χ1n) is 8.98. The van der Waals surface area contributed by atoms with Gasteiger partial charge in [-0.3, -0.25) is 4.90 Å². The highest BCUT2D eigenvalue weighted by Gasteiger charge is 2.39. The monoisotopic (exact) mass is 312 g/mol. The van der Waals surface area contributed by atoms with E-state index in [0.29, 0.717) is 10.3 Å². The van der Waals surface area contributed by atoms with Crippen molar-refractivity contribution in [3.8, 4) is 0 Å². The zero-order valence-electron chi connectivity index (χ0n) is 14.7. The molecule has 0 spiro atoms. The Kier molecular flexibility index (Phi) is 6.07. The van der Waals surface area contributed by atoms with Gasteiger partial charge in [0.25, 0.3) is 0 Å². The molecule has 0 amide bonds. The van der Waals surface area contributed by atoms with Crippen molar-refractivity contribution >= 4 is 11.8 Å². The van der Waals surface area contributed by atoms with Crippen LogP contribution < -0.4 is 5.73 Å². The van der Waals surface area contributed by atoms with Crippen LogP contribution in [-0.2, 0) is 0 Å². The molecular formula is C18H36N2S. The molecule has 0 radical (unpaired) electrons. The highest BCUT2D eigenvalue weighted by Crippen LogP contribution is 2.39. The van der Waals surface area contributed by atoms with Crippen molar-refractivity contribution in [2.45, 2.75) is 76.5 Å². The molecular weight excluding hydrogens is 276 g/mol. The third kappa shape index (κ3) is 4.39. The molecule has 0 aromatic rings. The minimum absolute atomic E-state index is 0.296. The summed E-state index contributed by atoms with van der Waals surface area (Å²) < 4.78 is 0.440. The summed E-state index contributed by atoms with van der Waals surface area (Å²) in [6.07, 6.45) is 8.09. The van der Waals surface area contributed by atoms with Gasteiger partial charge in [-0.25, -0.2) is 0 Å². The lowest BCUT2D eigenvalue weighted by molar-refractivity contribution is 0.0816. The van der Waals surface area contributed by atoms with Gasteiger partial charge in [0.05, 0.1) is 0 Å². The van der Waals surface area contributed by atoms with E-state index in [1.54, 1.807) is 0 Å². The van der Waals surface area contributed by atoms with Crippen molar-refractivity contribution in [2.24, 2.45) is 17.6 Å². The summed E-state index contributed by atoms with van der Waals surface area (Å²) >= 11 is 2.15. The van der Waals surface area contributed by atoms with Crippen LogP contribution in [0.5, 0.6) is 0 Å². The summed E-state index contributed by atoms with van der Waals surface area (Å²) in [5.41, 5.74) is 6.63. The lowest BCUT2D eigenvalue weighted by Crippen LogP contribution is -2.54. The Bertz CT molecular complexity index is 329. The Balaban J connectivity index is 2.06. The fourth-order valence-corrected chi connectivity index (χ4v) is 5.33. The Morgan fingerprint density at radius 1 is 1.14 bits per heavy atom. The van der Waals surface area contributed by atoms with E-state index in [-0.39, 0.29) is 0 Å². The topological polar surface area (TPSA) is 29.3 Å². The molecule has 1 saturated carbocycles. The van der Waals surface area contributed by atoms with E-state index in [2.05, 4.69) is 44.4 Å². The average molecular weight is 313 g/mol. The standard InChI is InChI=1S/C18H36N2S/c1-15(2)16-6-5-8-18(14-19,9-7-16)20-11-10-17(3,4)21-13-12-20/h15-16H,5-14,19H2,1-4H3. The fourth-order valence-electron chi connectivity index (χ4n) is 4.23. The predicted molar refractivity (Wildman–Crippen MR) is 95.9 cm³/mol. The van der Waals surface area contributed by atoms with Gasteiger partial charge in [-0.2, -0.15) is 11.8 Å². The van der Waals surface area contributed by atoms with E-state index in [4.69, 9.17) is 5.73 Å². The van der Waals surface area contributed by atoms with Crippen molar-refractivity contribution in [3.05, 3.63) is 0 Å². The van der Waals surface area contributed by atoms with Gasteiger partial charge in [0.15, 0.2) is 0 Å². The summed E-state index contributed by atoms with van der Waals surface area (Å²) in [6, 6.07) is 0. The van der Waals surface area contributed by atoms with Gasteiger partial charge in [0, 0.05) is 35.7 Å². The van der Waals surface area contributed by atoms with E-state index in [9.17, 15) is 0 Å². The third-order valence-corrected chi connectivity index (χ3v) is 7.40. The molecule has 2 unspecified atom stereocenters. The first kappa shape index (κ1) is 17.6. The molecule has 21 heavy (non-hydrogen) atoms. The second-order valence-corrected chi connectivity index (χ2v) is 10.0. The molecule has 3 heteroatoms. The van der Waals surface area contributed by atoms with Crippen LogP contribution in [0.15, 0.2) is 0 Å². The van der Waals surface area contributed by atoms with Gasteiger partial charge in [-0.15, -0.1) is 0 Å². The van der Waals surface area contributed by atoms with Gasteiger partial charge in [0.1, 0.15) is 0 Å². The first-order valence-corrected chi connectivity index (χ1v) is 9.96. The van der Waals surface area contributed by atoms with E-state index >= 15 is 0 Å². The van der Waals surface area contributed by atoms with Crippen molar-refractivity contribution < 1.29 is 0 Å². The SMILES string of the molecule is CC(C)C1CCCC(CN)(N2CCSC(C)(C)CC2)CC1. The summed E-state index contributed by atoms with van der Waals surface area (Å²) in [4.78, 5) is 2.78. The van der Waals surface area contributed by atoms with Crippen molar-refractivity contribution in [1.29, 1.82) is 0 Å². The van der Waals surface area contributed by atoms with E-state index in [1.807, 2.05) is 0 Å². The second-order valence-electron chi connectivity index (χ2n) is 8.21. The Morgan fingerprint density at radius 2 is 1.90 bits per heavy atom. The van der Waals surface area contributed by atoms with Crippen molar-refractivity contribution in [2.75, 3.05) is 25.4 Å². The number of nitrogens with zero attached hydrogens (tertiary/aromatic N) is 1. The average Bonchev–Trinajstić information content (AvgIpc) is 2.75. The molecule has 2 atom stereocenters. The molecule has 0 bridgehead atoms. The molecule has 1 heterocycles. The van der Waals surface area contributed by atoms with Crippen LogP contribution in [0, 0.1) is 11.8 Å². The molecule has 1 saturated heterocycles. The smallest absolute Gasteiger partial charge is 0.0332 e. The molecule has 124 valence electrons. The van der Waals surface area contributed by atoms with Gasteiger partial charge in [0.2, 0.25) is 0 Å². The van der Waals surface area contributed by atoms with Crippen LogP contribution in [0.1, 0.15) is 66.2 Å². The first-order chi connectivity index (χ1) is 9.88. The summed E-state index contributed by atoms with van der Waals surface area (Å²) in [6.45, 7) is 12.9. The second kappa shape index (κ2) is 7.23. The van der Waals surface area contributed by atoms with Gasteiger partial charge < -0.3 is 5.73 Å². The van der Waals surface area contributed by atoms with Gasteiger partial charge >= 0.3 is 0 Å². The van der Waals surface area contributed by atoms with E-state index in [1.165, 1.54) is 57.4 Å². The molecule has 1 aliphatic carbocycles. The quantitative estimate of drug-likeness (QED) is 0.794. The maximum absolute atomic E-state index is 6.33. The number of thioether (sulfide) groups is 1. The molecule has 2 N–H and O–H groups in total. The molecule has 1 aliphatic heterocycles. The van der Waals surface area contributed by atoms with Crippen LogP contribution in [0.25, 0.3) is 0 Å². The van der Waals surface area contributed by atoms with Crippen LogP contribution in [0.4, 0.5) is 0 Å². The minimum Gasteiger partial charge on any atom is -0.329 e. The molecule has 2 fully saturated rings. The maximum Gasteiger partial charge on any atom is 0.0332 e. The highest BCUT2D eigenvalue weighted by atomic mass is 32.2. The van der Waals surface area contributed by atoms with Crippen molar-refractivity contribution in [3.63, 3.8) is 0 Å². The van der Waals surface area contributed by atoms with Gasteiger partial charge in [-0.05, 0) is 37.5 Å². The predicted octanol–water partition coefficient (Wildman–Crippen LogP) is 4.14. The third-order valence-electron chi connectivity index (χ3n) is 6.03. The Morgan fingerprint density at radius 3 is 2.57 bits per heavy atom. The van der Waals surface area contributed by atoms with Crippen LogP contribution in [-0.4, -0.2) is 40.6 Å². The lowest BCUT2D eigenvalue weighted by Gasteiger charge is -2.43. The summed E-state index contributed by atoms with van der Waals surface area (Å²) in [5, 5.41) is 0. The number of rotatable bonds is 3. The molecule has 2 aliphatic rings. The zero-order valence-corrected chi connectivity index (χ0v) is 15.5. The number of hydrogen-bond acceptors (Lipinski definition) is 3. The number of hydrogen-bond donors (Lipinski definition) is 1. The molecule has 0 aromatic carbocycles.